The predicted octanol–water partition coefficient (Wildman–Crippen LogP) is 4.03. The summed E-state index contributed by atoms with van der Waals surface area (Å²) in [6.45, 7) is 0.590. The summed E-state index contributed by atoms with van der Waals surface area (Å²) in [6, 6.07) is 16.0. The summed E-state index contributed by atoms with van der Waals surface area (Å²) in [5.74, 6) is 0.733. The average molecular weight is 377 g/mol. The molecule has 0 spiro atoms. The maximum atomic E-state index is 11.5. The van der Waals surface area contributed by atoms with Gasteiger partial charge in [0.15, 0.2) is 0 Å². The van der Waals surface area contributed by atoms with Crippen molar-refractivity contribution in [2.75, 3.05) is 14.2 Å². The summed E-state index contributed by atoms with van der Waals surface area (Å²) in [5, 5.41) is 4.09. The largest absolute Gasteiger partial charge is 0.465 e. The number of ether oxygens (including phenoxy) is 1. The number of fused-ring (bicyclic) bond motifs is 1. The molecule has 4 rings (SSSR count). The zero-order valence-electron chi connectivity index (χ0n) is 16.1. The molecule has 144 valence electrons. The molecule has 1 heterocycles. The van der Waals surface area contributed by atoms with Crippen LogP contribution in [-0.2, 0) is 17.7 Å². The van der Waals surface area contributed by atoms with Gasteiger partial charge >= 0.3 is 5.97 Å². The number of aromatic nitrogens is 2. The zero-order chi connectivity index (χ0) is 19.5. The van der Waals surface area contributed by atoms with E-state index in [1.807, 2.05) is 0 Å². The van der Waals surface area contributed by atoms with Crippen LogP contribution in [0.4, 0.5) is 0 Å². The van der Waals surface area contributed by atoms with Crippen LogP contribution in [0.1, 0.15) is 46.3 Å². The number of hydrogen-bond donors (Lipinski definition) is 0. The summed E-state index contributed by atoms with van der Waals surface area (Å²) in [4.78, 5) is 18.4. The van der Waals surface area contributed by atoms with Gasteiger partial charge < -0.3 is 9.26 Å². The number of esters is 1. The monoisotopic (exact) mass is 377 g/mol. The lowest BCUT2D eigenvalue weighted by molar-refractivity contribution is 0.0601. The van der Waals surface area contributed by atoms with E-state index in [0.717, 1.165) is 18.4 Å². The molecule has 0 fully saturated rings. The number of hydrogen-bond acceptors (Lipinski definition) is 6. The Labute approximate surface area is 164 Å². The number of rotatable bonds is 5. The number of benzene rings is 2. The second-order valence-electron chi connectivity index (χ2n) is 7.10. The van der Waals surface area contributed by atoms with Crippen molar-refractivity contribution >= 4 is 5.97 Å². The molecule has 0 saturated carbocycles. The predicted molar refractivity (Wildman–Crippen MR) is 105 cm³/mol. The van der Waals surface area contributed by atoms with Crippen LogP contribution in [0.2, 0.25) is 0 Å². The maximum Gasteiger partial charge on any atom is 0.337 e. The van der Waals surface area contributed by atoms with Crippen LogP contribution >= 0.6 is 0 Å². The van der Waals surface area contributed by atoms with E-state index in [2.05, 4.69) is 46.4 Å². The van der Waals surface area contributed by atoms with Crippen LogP contribution in [0.5, 0.6) is 0 Å². The molecule has 0 saturated heterocycles. The van der Waals surface area contributed by atoms with Gasteiger partial charge in [-0.25, -0.2) is 4.79 Å². The third-order valence-electron chi connectivity index (χ3n) is 5.29. The van der Waals surface area contributed by atoms with Crippen molar-refractivity contribution in [3.63, 3.8) is 0 Å². The Morgan fingerprint density at radius 2 is 2.00 bits per heavy atom. The van der Waals surface area contributed by atoms with E-state index in [1.165, 1.54) is 24.7 Å². The molecule has 0 aliphatic heterocycles. The van der Waals surface area contributed by atoms with E-state index in [-0.39, 0.29) is 5.97 Å². The van der Waals surface area contributed by atoms with Gasteiger partial charge in [0.05, 0.1) is 19.2 Å². The molecule has 0 N–H and O–H groups in total. The summed E-state index contributed by atoms with van der Waals surface area (Å²) in [6.07, 6.45) is 3.46. The van der Waals surface area contributed by atoms with E-state index in [9.17, 15) is 4.79 Å². The second kappa shape index (κ2) is 7.94. The summed E-state index contributed by atoms with van der Waals surface area (Å²) >= 11 is 0. The smallest absolute Gasteiger partial charge is 0.337 e. The SMILES string of the molecule is COC(=O)c1ccc(-c2noc(CN(C)C3CCCc4ccccc43)n2)cc1. The van der Waals surface area contributed by atoms with E-state index < -0.39 is 0 Å². The van der Waals surface area contributed by atoms with Crippen LogP contribution < -0.4 is 0 Å². The molecule has 1 aliphatic carbocycles. The minimum absolute atomic E-state index is 0.361. The highest BCUT2D eigenvalue weighted by molar-refractivity contribution is 5.89. The molecule has 3 aromatic rings. The molecule has 6 nitrogen and oxygen atoms in total. The lowest BCUT2D eigenvalue weighted by Gasteiger charge is -2.32. The van der Waals surface area contributed by atoms with Gasteiger partial charge in [-0.2, -0.15) is 4.98 Å². The average Bonchev–Trinajstić information content (AvgIpc) is 3.21. The van der Waals surface area contributed by atoms with Gasteiger partial charge in [0.1, 0.15) is 0 Å². The first-order chi connectivity index (χ1) is 13.7. The van der Waals surface area contributed by atoms with Crippen LogP contribution in [0.15, 0.2) is 53.1 Å². The fourth-order valence-electron chi connectivity index (χ4n) is 3.82. The first kappa shape index (κ1) is 18.4. The first-order valence-corrected chi connectivity index (χ1v) is 9.45. The molecule has 6 heteroatoms. The normalized spacial score (nSPS) is 16.0. The Kier molecular flexibility index (Phi) is 5.21. The third-order valence-corrected chi connectivity index (χ3v) is 5.29. The highest BCUT2D eigenvalue weighted by Gasteiger charge is 2.24. The van der Waals surface area contributed by atoms with E-state index >= 15 is 0 Å². The number of carbonyl (C=O) groups excluding carboxylic acids is 1. The molecule has 0 bridgehead atoms. The molecule has 1 unspecified atom stereocenters. The van der Waals surface area contributed by atoms with Crippen molar-refractivity contribution in [2.24, 2.45) is 0 Å². The third kappa shape index (κ3) is 3.68. The number of nitrogens with zero attached hydrogens (tertiary/aromatic N) is 3. The van der Waals surface area contributed by atoms with Crippen LogP contribution in [-0.4, -0.2) is 35.2 Å². The van der Waals surface area contributed by atoms with Gasteiger partial charge in [0.2, 0.25) is 11.7 Å². The highest BCUT2D eigenvalue weighted by Crippen LogP contribution is 2.34. The van der Waals surface area contributed by atoms with Crippen molar-refractivity contribution in [1.82, 2.24) is 15.0 Å². The lowest BCUT2D eigenvalue weighted by atomic mass is 9.87. The number of carbonyl (C=O) groups is 1. The minimum atomic E-state index is -0.366. The van der Waals surface area contributed by atoms with Crippen LogP contribution in [0.3, 0.4) is 0 Å². The highest BCUT2D eigenvalue weighted by atomic mass is 16.5. The molecule has 0 radical (unpaired) electrons. The second-order valence-corrected chi connectivity index (χ2v) is 7.10. The molecule has 1 aliphatic rings. The van der Waals surface area contributed by atoms with Gasteiger partial charge in [-0.05, 0) is 49.6 Å². The van der Waals surface area contributed by atoms with Crippen molar-refractivity contribution in [3.05, 3.63) is 71.1 Å². The fraction of sp³-hybridized carbons (Fsp3) is 0.318. The summed E-state index contributed by atoms with van der Waals surface area (Å²) in [5.41, 5.74) is 4.12. The molecule has 0 amide bonds. The van der Waals surface area contributed by atoms with Crippen molar-refractivity contribution < 1.29 is 14.1 Å². The van der Waals surface area contributed by atoms with Gasteiger partial charge in [-0.15, -0.1) is 0 Å². The van der Waals surface area contributed by atoms with Crippen molar-refractivity contribution in [1.29, 1.82) is 0 Å². The Bertz CT molecular complexity index is 965. The van der Waals surface area contributed by atoms with Gasteiger partial charge in [-0.3, -0.25) is 4.90 Å². The Balaban J connectivity index is 1.47. The van der Waals surface area contributed by atoms with Gasteiger partial charge in [-0.1, -0.05) is 41.6 Å². The maximum absolute atomic E-state index is 11.5. The van der Waals surface area contributed by atoms with E-state index in [0.29, 0.717) is 29.9 Å². The van der Waals surface area contributed by atoms with Crippen LogP contribution in [0.25, 0.3) is 11.4 Å². The van der Waals surface area contributed by atoms with E-state index in [4.69, 9.17) is 9.26 Å². The molecular formula is C22H23N3O3. The molecule has 28 heavy (non-hydrogen) atoms. The topological polar surface area (TPSA) is 68.5 Å². The molecule has 1 aromatic heterocycles. The Morgan fingerprint density at radius 1 is 1.21 bits per heavy atom. The number of methoxy groups -OCH3 is 1. The zero-order valence-corrected chi connectivity index (χ0v) is 16.1. The fourth-order valence-corrected chi connectivity index (χ4v) is 3.82. The lowest BCUT2D eigenvalue weighted by Crippen LogP contribution is -2.27. The van der Waals surface area contributed by atoms with Gasteiger partial charge in [0.25, 0.3) is 0 Å². The summed E-state index contributed by atoms with van der Waals surface area (Å²) < 4.78 is 10.2. The minimum Gasteiger partial charge on any atom is -0.465 e. The van der Waals surface area contributed by atoms with Crippen LogP contribution in [0, 0.1) is 0 Å². The first-order valence-electron chi connectivity index (χ1n) is 9.45. The van der Waals surface area contributed by atoms with E-state index in [1.54, 1.807) is 24.3 Å². The van der Waals surface area contributed by atoms with Crippen molar-refractivity contribution in [2.45, 2.75) is 31.8 Å². The molecule has 2 aromatic carbocycles. The van der Waals surface area contributed by atoms with Crippen molar-refractivity contribution in [3.8, 4) is 11.4 Å². The quantitative estimate of drug-likeness (QED) is 0.625. The summed E-state index contributed by atoms with van der Waals surface area (Å²) in [7, 11) is 3.46. The Hall–Kier alpha value is -2.99. The number of aryl methyl sites for hydroxylation is 1. The van der Waals surface area contributed by atoms with Gasteiger partial charge in [0, 0.05) is 11.6 Å². The molecular weight excluding hydrogens is 354 g/mol. The molecule has 1 atom stereocenters. The standard InChI is InChI=1S/C22H23N3O3/c1-25(19-9-5-7-15-6-3-4-8-18(15)19)14-20-23-21(24-28-20)16-10-12-17(13-11-16)22(26)27-2/h3-4,6,8,10-13,19H,5,7,9,14H2,1-2H3. The Morgan fingerprint density at radius 3 is 2.79 bits per heavy atom.